The molecule has 2 aromatic carbocycles. The topological polar surface area (TPSA) is 51.2 Å². The lowest BCUT2D eigenvalue weighted by Crippen LogP contribution is -2.29. The standard InChI is InChI=1S/C32H40O3/c1-5-8-25(28(6-2)30(34)15-20(3)33)16-22-17-27-13-14-29(21(4)32(27)31(35)18-22)26-12-11-23-9-7-10-24(23)19-26/h11-14,19,22,25,28H,5-10,15-18H2,1-4H3. The molecule has 0 bridgehead atoms. The zero-order chi connectivity index (χ0) is 25.1. The van der Waals surface area contributed by atoms with Crippen LogP contribution in [-0.4, -0.2) is 17.3 Å². The first-order chi connectivity index (χ1) is 16.8. The van der Waals surface area contributed by atoms with Crippen LogP contribution in [0, 0.1) is 24.7 Å². The maximum Gasteiger partial charge on any atom is 0.163 e. The van der Waals surface area contributed by atoms with Crippen LogP contribution in [0.1, 0.15) is 98.3 Å². The lowest BCUT2D eigenvalue weighted by atomic mass is 9.71. The summed E-state index contributed by atoms with van der Waals surface area (Å²) >= 11 is 0. The summed E-state index contributed by atoms with van der Waals surface area (Å²) in [6.45, 7) is 7.81. The minimum absolute atomic E-state index is 0.0375. The maximum absolute atomic E-state index is 13.4. The molecule has 2 aliphatic carbocycles. The van der Waals surface area contributed by atoms with E-state index in [1.54, 1.807) is 0 Å². The molecule has 186 valence electrons. The summed E-state index contributed by atoms with van der Waals surface area (Å²) in [6.07, 6.45) is 8.67. The smallest absolute Gasteiger partial charge is 0.163 e. The Kier molecular flexibility index (Phi) is 8.04. The summed E-state index contributed by atoms with van der Waals surface area (Å²) in [6, 6.07) is 11.2. The molecule has 0 saturated heterocycles. The largest absolute Gasteiger partial charge is 0.300 e. The van der Waals surface area contributed by atoms with Crippen LogP contribution in [0.5, 0.6) is 0 Å². The molecule has 0 spiro atoms. The van der Waals surface area contributed by atoms with Crippen molar-refractivity contribution >= 4 is 17.3 Å². The highest BCUT2D eigenvalue weighted by Crippen LogP contribution is 2.39. The quantitative estimate of drug-likeness (QED) is 0.342. The van der Waals surface area contributed by atoms with Gasteiger partial charge in [0.05, 0.1) is 6.42 Å². The molecule has 35 heavy (non-hydrogen) atoms. The molecule has 2 aromatic rings. The Morgan fingerprint density at radius 1 is 1.00 bits per heavy atom. The van der Waals surface area contributed by atoms with Crippen LogP contribution in [0.25, 0.3) is 11.1 Å². The van der Waals surface area contributed by atoms with Gasteiger partial charge in [0.25, 0.3) is 0 Å². The third-order valence-corrected chi connectivity index (χ3v) is 8.36. The van der Waals surface area contributed by atoms with Gasteiger partial charge in [-0.05, 0) is 97.6 Å². The SMILES string of the molecule is CCCC(CC1CC(=O)c2c(ccc(-c3ccc4c(c3)CCC4)c2C)C1)C(CC)C(=O)CC(C)=O. The molecule has 3 nitrogen and oxygen atoms in total. The Morgan fingerprint density at radius 3 is 2.46 bits per heavy atom. The van der Waals surface area contributed by atoms with Gasteiger partial charge in [-0.3, -0.25) is 14.4 Å². The van der Waals surface area contributed by atoms with E-state index >= 15 is 0 Å². The van der Waals surface area contributed by atoms with E-state index in [0.29, 0.717) is 6.42 Å². The van der Waals surface area contributed by atoms with Crippen molar-refractivity contribution in [1.82, 2.24) is 0 Å². The first kappa shape index (κ1) is 25.5. The van der Waals surface area contributed by atoms with Crippen molar-refractivity contribution in [3.63, 3.8) is 0 Å². The van der Waals surface area contributed by atoms with Crippen LogP contribution in [0.2, 0.25) is 0 Å². The van der Waals surface area contributed by atoms with Gasteiger partial charge >= 0.3 is 0 Å². The molecule has 4 rings (SSSR count). The highest BCUT2D eigenvalue weighted by Gasteiger charge is 2.33. The van der Waals surface area contributed by atoms with E-state index in [9.17, 15) is 14.4 Å². The summed E-state index contributed by atoms with van der Waals surface area (Å²) in [5, 5.41) is 0. The highest BCUT2D eigenvalue weighted by atomic mass is 16.1. The maximum atomic E-state index is 13.4. The van der Waals surface area contributed by atoms with E-state index in [1.165, 1.54) is 42.0 Å². The number of ketones is 3. The van der Waals surface area contributed by atoms with Crippen LogP contribution in [-0.2, 0) is 28.9 Å². The summed E-state index contributed by atoms with van der Waals surface area (Å²) in [4.78, 5) is 37.8. The molecule has 0 amide bonds. The Labute approximate surface area is 210 Å². The van der Waals surface area contributed by atoms with Gasteiger partial charge in [0.15, 0.2) is 5.78 Å². The zero-order valence-electron chi connectivity index (χ0n) is 21.9. The second-order valence-electron chi connectivity index (χ2n) is 11.0. The zero-order valence-corrected chi connectivity index (χ0v) is 21.9. The Hall–Kier alpha value is -2.55. The average molecular weight is 473 g/mol. The predicted molar refractivity (Wildman–Crippen MR) is 142 cm³/mol. The fraction of sp³-hybridized carbons (Fsp3) is 0.531. The Balaban J connectivity index is 1.55. The average Bonchev–Trinajstić information content (AvgIpc) is 3.27. The van der Waals surface area contributed by atoms with E-state index in [4.69, 9.17) is 0 Å². The van der Waals surface area contributed by atoms with Gasteiger partial charge in [0.1, 0.15) is 11.6 Å². The van der Waals surface area contributed by atoms with Crippen LogP contribution in [0.15, 0.2) is 30.3 Å². The van der Waals surface area contributed by atoms with Gasteiger partial charge in [0, 0.05) is 17.9 Å². The summed E-state index contributed by atoms with van der Waals surface area (Å²) in [7, 11) is 0. The molecule has 0 fully saturated rings. The molecule has 3 heteroatoms. The van der Waals surface area contributed by atoms with E-state index in [0.717, 1.165) is 55.2 Å². The second kappa shape index (κ2) is 11.0. The molecule has 0 heterocycles. The van der Waals surface area contributed by atoms with Gasteiger partial charge < -0.3 is 0 Å². The van der Waals surface area contributed by atoms with Crippen LogP contribution in [0.3, 0.4) is 0 Å². The molecule has 3 unspecified atom stereocenters. The van der Waals surface area contributed by atoms with Gasteiger partial charge in [-0.1, -0.05) is 57.0 Å². The summed E-state index contributed by atoms with van der Waals surface area (Å²) < 4.78 is 0. The number of fused-ring (bicyclic) bond motifs is 2. The number of carbonyl (C=O) groups excluding carboxylic acids is 3. The van der Waals surface area contributed by atoms with Crippen LogP contribution >= 0.6 is 0 Å². The summed E-state index contributed by atoms with van der Waals surface area (Å²) in [5.74, 6) is 0.685. The van der Waals surface area contributed by atoms with Crippen molar-refractivity contribution in [2.45, 2.75) is 91.9 Å². The predicted octanol–water partition coefficient (Wildman–Crippen LogP) is 7.28. The van der Waals surface area contributed by atoms with Crippen molar-refractivity contribution in [3.05, 3.63) is 58.1 Å². The van der Waals surface area contributed by atoms with Gasteiger partial charge in [-0.15, -0.1) is 0 Å². The molecule has 0 aliphatic heterocycles. The highest BCUT2D eigenvalue weighted by molar-refractivity contribution is 6.02. The first-order valence-electron chi connectivity index (χ1n) is 13.6. The minimum Gasteiger partial charge on any atom is -0.300 e. The lowest BCUT2D eigenvalue weighted by molar-refractivity contribution is -0.129. The molecular weight excluding hydrogens is 432 g/mol. The van der Waals surface area contributed by atoms with Crippen molar-refractivity contribution in [3.8, 4) is 11.1 Å². The summed E-state index contributed by atoms with van der Waals surface area (Å²) in [5.41, 5.74) is 8.51. The number of rotatable bonds is 10. The molecule has 0 aromatic heterocycles. The number of hydrogen-bond donors (Lipinski definition) is 0. The van der Waals surface area contributed by atoms with Crippen LogP contribution in [0.4, 0.5) is 0 Å². The third-order valence-electron chi connectivity index (χ3n) is 8.36. The van der Waals surface area contributed by atoms with Crippen molar-refractivity contribution < 1.29 is 14.4 Å². The molecule has 0 N–H and O–H groups in total. The molecular formula is C32H40O3. The fourth-order valence-corrected chi connectivity index (χ4v) is 6.77. The van der Waals surface area contributed by atoms with E-state index < -0.39 is 0 Å². The molecule has 0 radical (unpaired) electrons. The van der Waals surface area contributed by atoms with Crippen molar-refractivity contribution in [2.24, 2.45) is 17.8 Å². The van der Waals surface area contributed by atoms with Gasteiger partial charge in [-0.2, -0.15) is 0 Å². The lowest BCUT2D eigenvalue weighted by Gasteiger charge is -2.32. The van der Waals surface area contributed by atoms with Gasteiger partial charge in [-0.25, -0.2) is 0 Å². The van der Waals surface area contributed by atoms with Gasteiger partial charge in [0.2, 0.25) is 0 Å². The Morgan fingerprint density at radius 2 is 1.74 bits per heavy atom. The second-order valence-corrected chi connectivity index (χ2v) is 11.0. The number of benzene rings is 2. The Bertz CT molecular complexity index is 1130. The molecule has 2 aliphatic rings. The van der Waals surface area contributed by atoms with Crippen molar-refractivity contribution in [1.29, 1.82) is 0 Å². The number of carbonyl (C=O) groups is 3. The normalized spacial score (nSPS) is 18.6. The van der Waals surface area contributed by atoms with E-state index in [1.807, 2.05) is 0 Å². The molecule has 3 atom stereocenters. The number of Topliss-reactive ketones (excluding diaryl/α,β-unsaturated/α-hetero) is 3. The van der Waals surface area contributed by atoms with Crippen molar-refractivity contribution in [2.75, 3.05) is 0 Å². The monoisotopic (exact) mass is 472 g/mol. The number of aryl methyl sites for hydroxylation is 2. The first-order valence-corrected chi connectivity index (χ1v) is 13.6. The van der Waals surface area contributed by atoms with E-state index in [2.05, 4.69) is 51.1 Å². The number of hydrogen-bond acceptors (Lipinski definition) is 3. The van der Waals surface area contributed by atoms with E-state index in [-0.39, 0.29) is 41.5 Å². The molecule has 0 saturated carbocycles. The minimum atomic E-state index is -0.0840. The fourth-order valence-electron chi connectivity index (χ4n) is 6.77. The third kappa shape index (κ3) is 5.50. The van der Waals surface area contributed by atoms with Crippen LogP contribution < -0.4 is 0 Å².